The quantitative estimate of drug-likeness (QED) is 0.114. The number of hydrogen-bond acceptors (Lipinski definition) is 2. The number of rotatable bonds is 8. The third-order valence-corrected chi connectivity index (χ3v) is 17.6. The Kier molecular flexibility index (Phi) is 18.6. The molecule has 69 heavy (non-hydrogen) atoms. The van der Waals surface area contributed by atoms with E-state index in [1.54, 1.807) is 11.6 Å². The van der Waals surface area contributed by atoms with Crippen molar-refractivity contribution in [3.8, 4) is 16.9 Å². The van der Waals surface area contributed by atoms with Crippen molar-refractivity contribution in [2.75, 3.05) is 0 Å². The lowest BCUT2D eigenvalue weighted by Crippen LogP contribution is -2.14. The topological polar surface area (TPSA) is 26.3 Å². The molecule has 4 fully saturated rings. The molecule has 4 aliphatic carbocycles. The largest absolute Gasteiger partial charge is 0.423 e. The van der Waals surface area contributed by atoms with Crippen LogP contribution >= 0.6 is 0 Å². The summed E-state index contributed by atoms with van der Waals surface area (Å²) < 4.78 is 20.4. The van der Waals surface area contributed by atoms with Crippen LogP contribution in [-0.2, 0) is 6.42 Å². The second-order valence-corrected chi connectivity index (χ2v) is 23.1. The van der Waals surface area contributed by atoms with Gasteiger partial charge in [0, 0.05) is 11.3 Å². The molecule has 378 valence electrons. The number of hydrogen-bond donors (Lipinski definition) is 0. The Hall–Kier alpha value is -4.50. The Balaban J connectivity index is 0.000000288. The summed E-state index contributed by atoms with van der Waals surface area (Å²) in [4.78, 5) is 12.4. The summed E-state index contributed by atoms with van der Waals surface area (Å²) in [7, 11) is 0. The summed E-state index contributed by atoms with van der Waals surface area (Å²) in [6, 6.07) is 31.4. The summed E-state index contributed by atoms with van der Waals surface area (Å²) in [5.41, 5.74) is 15.8. The number of ether oxygens (including phenoxy) is 1. The minimum atomic E-state index is -0.287. The highest BCUT2D eigenvalue weighted by Crippen LogP contribution is 2.40. The first-order valence-corrected chi connectivity index (χ1v) is 27.5. The molecule has 0 atom stereocenters. The smallest absolute Gasteiger partial charge is 0.343 e. The summed E-state index contributed by atoms with van der Waals surface area (Å²) >= 11 is 0. The minimum absolute atomic E-state index is 0. The lowest BCUT2D eigenvalue weighted by Gasteiger charge is -2.27. The van der Waals surface area contributed by atoms with E-state index in [1.165, 1.54) is 148 Å². The molecule has 0 amide bonds. The number of esters is 1. The monoisotopic (exact) mass is 939 g/mol. The molecule has 0 radical (unpaired) electrons. The third-order valence-electron chi connectivity index (χ3n) is 17.6. The minimum Gasteiger partial charge on any atom is -0.423 e. The van der Waals surface area contributed by atoms with E-state index in [4.69, 9.17) is 4.74 Å². The fourth-order valence-electron chi connectivity index (χ4n) is 12.0. The van der Waals surface area contributed by atoms with Gasteiger partial charge < -0.3 is 4.74 Å². The summed E-state index contributed by atoms with van der Waals surface area (Å²) in [5, 5.41) is 0. The number of carbonyl (C=O) groups is 1. The predicted octanol–water partition coefficient (Wildman–Crippen LogP) is 20.2. The van der Waals surface area contributed by atoms with Crippen molar-refractivity contribution >= 4 is 5.97 Å². The van der Waals surface area contributed by atoms with Crippen molar-refractivity contribution in [3.63, 3.8) is 0 Å². The molecule has 2 nitrogen and oxygen atoms in total. The second kappa shape index (κ2) is 24.6. The highest BCUT2D eigenvalue weighted by molar-refractivity contribution is 5.91. The molecule has 0 aromatic heterocycles. The van der Waals surface area contributed by atoms with Gasteiger partial charge in [0.25, 0.3) is 0 Å². The van der Waals surface area contributed by atoms with Gasteiger partial charge >= 0.3 is 5.97 Å². The van der Waals surface area contributed by atoms with E-state index in [-0.39, 0.29) is 17.5 Å². The maximum absolute atomic E-state index is 14.9. The SMILES string of the molecule is CC1CCC(c2ccc(-c3ccc(C4CCC(C)CC4)cc3F)cc2)CC1.Cc1cc(C(=O)Oc2ccc(C3CCC(C)CC3)cc2)cc(C)c1C.Cc1cc(CC2CCC(C)CC2)cc(C)c1C.[HH].[HH].[HH].[HH]. The van der Waals surface area contributed by atoms with E-state index in [2.05, 4.69) is 110 Å². The predicted molar refractivity (Wildman–Crippen MR) is 299 cm³/mol. The molecule has 0 bridgehead atoms. The maximum Gasteiger partial charge on any atom is 0.343 e. The molecule has 0 N–H and O–H groups in total. The first kappa shape index (κ1) is 52.3. The van der Waals surface area contributed by atoms with Crippen LogP contribution in [-0.4, -0.2) is 5.97 Å². The van der Waals surface area contributed by atoms with Crippen LogP contribution in [0, 0.1) is 76.9 Å². The van der Waals surface area contributed by atoms with Gasteiger partial charge in [-0.1, -0.05) is 140 Å². The molecule has 9 rings (SSSR count). The zero-order valence-corrected chi connectivity index (χ0v) is 44.5. The lowest BCUT2D eigenvalue weighted by atomic mass is 9.79. The number of carbonyl (C=O) groups excluding carboxylic acids is 1. The van der Waals surface area contributed by atoms with Gasteiger partial charge in [-0.05, 0) is 238 Å². The number of benzene rings is 5. The van der Waals surface area contributed by atoms with Gasteiger partial charge in [0.15, 0.2) is 0 Å². The van der Waals surface area contributed by atoms with Gasteiger partial charge in [-0.25, -0.2) is 9.18 Å². The van der Waals surface area contributed by atoms with Gasteiger partial charge in [-0.3, -0.25) is 0 Å². The first-order chi connectivity index (χ1) is 33.1. The van der Waals surface area contributed by atoms with Crippen LogP contribution in [0.25, 0.3) is 11.1 Å². The van der Waals surface area contributed by atoms with E-state index >= 15 is 0 Å². The van der Waals surface area contributed by atoms with E-state index in [9.17, 15) is 9.18 Å². The normalized spacial score (nSPS) is 24.8. The molecule has 0 aliphatic heterocycles. The molecular formula is C66H95FO2. The molecule has 4 aliphatic rings. The van der Waals surface area contributed by atoms with E-state index in [0.717, 1.165) is 51.8 Å². The maximum atomic E-state index is 14.9. The fourth-order valence-corrected chi connectivity index (χ4v) is 12.0. The highest BCUT2D eigenvalue weighted by Gasteiger charge is 2.24. The summed E-state index contributed by atoms with van der Waals surface area (Å²) in [5.74, 6) is 6.63. The molecule has 4 saturated carbocycles. The highest BCUT2D eigenvalue weighted by atomic mass is 19.1. The third kappa shape index (κ3) is 14.5. The van der Waals surface area contributed by atoms with Crippen LogP contribution in [0.3, 0.4) is 0 Å². The average molecular weight is 939 g/mol. The van der Waals surface area contributed by atoms with Crippen molar-refractivity contribution in [2.24, 2.45) is 29.6 Å². The first-order valence-electron chi connectivity index (χ1n) is 27.5. The van der Waals surface area contributed by atoms with Crippen molar-refractivity contribution in [1.82, 2.24) is 0 Å². The number of halogens is 1. The van der Waals surface area contributed by atoms with Crippen molar-refractivity contribution in [2.45, 2.75) is 196 Å². The molecule has 0 saturated heterocycles. The Morgan fingerprint density at radius 2 is 0.855 bits per heavy atom. The Bertz CT molecular complexity index is 2390. The summed E-state index contributed by atoms with van der Waals surface area (Å²) in [6.45, 7) is 22.3. The van der Waals surface area contributed by atoms with Gasteiger partial charge in [0.1, 0.15) is 11.6 Å². The fraction of sp³-hybridized carbons (Fsp3) is 0.530. The second-order valence-electron chi connectivity index (χ2n) is 23.1. The van der Waals surface area contributed by atoms with Crippen LogP contribution in [0.2, 0.25) is 0 Å². The van der Waals surface area contributed by atoms with Crippen LogP contribution in [0.5, 0.6) is 5.75 Å². The van der Waals surface area contributed by atoms with E-state index < -0.39 is 0 Å². The molecule has 5 aromatic carbocycles. The molecule has 3 heteroatoms. The molecular weight excluding hydrogens is 844 g/mol. The van der Waals surface area contributed by atoms with Crippen molar-refractivity contribution in [3.05, 3.63) is 158 Å². The van der Waals surface area contributed by atoms with Gasteiger partial charge in [-0.15, -0.1) is 0 Å². The Morgan fingerprint density at radius 3 is 1.29 bits per heavy atom. The van der Waals surface area contributed by atoms with Crippen molar-refractivity contribution < 1.29 is 19.6 Å². The zero-order valence-electron chi connectivity index (χ0n) is 44.5. The average Bonchev–Trinajstić information content (AvgIpc) is 3.34. The van der Waals surface area contributed by atoms with Crippen molar-refractivity contribution in [1.29, 1.82) is 0 Å². The lowest BCUT2D eigenvalue weighted by molar-refractivity contribution is 0.0734. The molecule has 5 aromatic rings. The van der Waals surface area contributed by atoms with Crippen LogP contribution in [0.1, 0.15) is 220 Å². The van der Waals surface area contributed by atoms with Gasteiger partial charge in [-0.2, -0.15) is 0 Å². The van der Waals surface area contributed by atoms with E-state index in [0.29, 0.717) is 29.1 Å². The van der Waals surface area contributed by atoms with Gasteiger partial charge in [0.05, 0.1) is 5.56 Å². The standard InChI is InChI=1S/C26H33F.C23H28O2.C17H26.4H2/c1-18-3-7-20(8-4-18)21-11-13-23(14-12-21)25-16-15-24(17-26(25)27)22-9-5-19(2)6-10-22;1-15-5-7-19(8-6-15)20-9-11-22(12-10-20)25-23(24)21-13-16(2)18(4)17(3)14-21;1-12-5-7-16(8-6-12)11-17-9-13(2)15(4)14(3)10-17;;;;/h11-20,22H,3-10H2,1-2H3;9-15,19H,5-8H2,1-4H3;9-10,12,16H,5-8,11H2,1-4H3;4*1H. The summed E-state index contributed by atoms with van der Waals surface area (Å²) in [6.07, 6.45) is 22.4. The Morgan fingerprint density at radius 1 is 0.478 bits per heavy atom. The molecule has 0 spiro atoms. The molecule has 0 unspecified atom stereocenters. The Labute approximate surface area is 424 Å². The number of aryl methyl sites for hydroxylation is 4. The zero-order chi connectivity index (χ0) is 49.2. The van der Waals surface area contributed by atoms with Crippen LogP contribution < -0.4 is 4.74 Å². The van der Waals surface area contributed by atoms with Gasteiger partial charge in [0.2, 0.25) is 0 Å². The van der Waals surface area contributed by atoms with Crippen LogP contribution in [0.15, 0.2) is 91.0 Å². The van der Waals surface area contributed by atoms with E-state index in [1.807, 2.05) is 44.2 Å². The van der Waals surface area contributed by atoms with Crippen LogP contribution in [0.4, 0.5) is 4.39 Å². The molecule has 0 heterocycles.